The van der Waals surface area contributed by atoms with Crippen molar-refractivity contribution in [3.8, 4) is 18.2 Å². The Bertz CT molecular complexity index is 775. The minimum Gasteiger partial charge on any atom is -0.367 e. The molecule has 0 bridgehead atoms. The lowest BCUT2D eigenvalue weighted by molar-refractivity contribution is -0.384. The van der Waals surface area contributed by atoms with Crippen LogP contribution in [0.15, 0.2) is 23.8 Å². The maximum Gasteiger partial charge on any atom is 0.270 e. The van der Waals surface area contributed by atoms with Gasteiger partial charge in [-0.3, -0.25) is 10.1 Å². The molecule has 0 radical (unpaired) electrons. The lowest BCUT2D eigenvalue weighted by Crippen LogP contribution is -2.36. The molecule has 7 heteroatoms. The fraction of sp³-hybridized carbons (Fsp3) is 0.214. The number of fused-ring (bicyclic) bond motifs is 1. The Morgan fingerprint density at radius 1 is 1.38 bits per heavy atom. The molecule has 1 aromatic rings. The van der Waals surface area contributed by atoms with Gasteiger partial charge in [0.1, 0.15) is 23.3 Å². The van der Waals surface area contributed by atoms with Gasteiger partial charge >= 0.3 is 0 Å². The molecule has 0 fully saturated rings. The third-order valence-electron chi connectivity index (χ3n) is 3.25. The average molecular weight is 279 g/mol. The topological polar surface area (TPSA) is 127 Å². The van der Waals surface area contributed by atoms with Crippen molar-refractivity contribution in [2.75, 3.05) is 5.32 Å². The van der Waals surface area contributed by atoms with Crippen molar-refractivity contribution < 1.29 is 4.92 Å². The quantitative estimate of drug-likeness (QED) is 0.478. The number of hydrogen-bond donors (Lipinski definition) is 1. The molecule has 0 amide bonds. The number of nitrogens with one attached hydrogen (secondary N) is 1. The number of allylic oxidation sites excluding steroid dienone is 1. The van der Waals surface area contributed by atoms with Crippen LogP contribution < -0.4 is 5.32 Å². The summed E-state index contributed by atoms with van der Waals surface area (Å²) in [5.74, 6) is 0. The van der Waals surface area contributed by atoms with E-state index >= 15 is 0 Å². The molecular formula is C14H9N5O2. The number of nitrogens with zero attached hydrogens (tertiary/aromatic N) is 4. The van der Waals surface area contributed by atoms with Crippen molar-refractivity contribution in [3.05, 3.63) is 39.4 Å². The molecule has 102 valence electrons. The Labute approximate surface area is 120 Å². The van der Waals surface area contributed by atoms with Crippen molar-refractivity contribution in [1.29, 1.82) is 15.8 Å². The van der Waals surface area contributed by atoms with E-state index in [9.17, 15) is 15.4 Å². The first-order valence-electron chi connectivity index (χ1n) is 5.95. The molecule has 1 aromatic carbocycles. The number of nitriles is 3. The summed E-state index contributed by atoms with van der Waals surface area (Å²) in [5, 5.41) is 41.2. The maximum absolute atomic E-state index is 10.9. The first-order chi connectivity index (χ1) is 9.94. The Morgan fingerprint density at radius 3 is 2.57 bits per heavy atom. The van der Waals surface area contributed by atoms with Gasteiger partial charge < -0.3 is 5.32 Å². The number of non-ortho nitro benzene ring substituents is 1. The molecule has 1 aliphatic rings. The zero-order valence-corrected chi connectivity index (χ0v) is 11.0. The van der Waals surface area contributed by atoms with Crippen LogP contribution >= 0.6 is 0 Å². The number of benzene rings is 1. The van der Waals surface area contributed by atoms with Crippen molar-refractivity contribution >= 4 is 16.9 Å². The third kappa shape index (κ3) is 2.39. The van der Waals surface area contributed by atoms with Gasteiger partial charge in [-0.15, -0.1) is 0 Å². The van der Waals surface area contributed by atoms with Gasteiger partial charge in [-0.2, -0.15) is 15.8 Å². The molecule has 0 aliphatic carbocycles. The third-order valence-corrected chi connectivity index (χ3v) is 3.25. The number of anilines is 1. The van der Waals surface area contributed by atoms with Crippen LogP contribution in [0, 0.1) is 44.1 Å². The first kappa shape index (κ1) is 14.0. The number of nitro groups is 1. The lowest BCUT2D eigenvalue weighted by Gasteiger charge is -2.32. The SMILES string of the molecule is CC1(C#N)CC(=C(C#N)C#N)c2cc([N+](=O)[O-])ccc2N1. The van der Waals surface area contributed by atoms with Crippen LogP contribution in [0.3, 0.4) is 0 Å². The predicted octanol–water partition coefficient (Wildman–Crippen LogP) is 2.49. The highest BCUT2D eigenvalue weighted by Crippen LogP contribution is 2.41. The van der Waals surface area contributed by atoms with Crippen LogP contribution in [-0.2, 0) is 0 Å². The van der Waals surface area contributed by atoms with Crippen LogP contribution in [0.2, 0.25) is 0 Å². The average Bonchev–Trinajstić information content (AvgIpc) is 2.47. The van der Waals surface area contributed by atoms with E-state index in [2.05, 4.69) is 11.4 Å². The van der Waals surface area contributed by atoms with E-state index in [1.165, 1.54) is 18.2 Å². The molecule has 1 heterocycles. The molecule has 1 atom stereocenters. The Hall–Kier alpha value is -3.37. The van der Waals surface area contributed by atoms with Gasteiger partial charge in [0.15, 0.2) is 0 Å². The van der Waals surface area contributed by atoms with Crippen LogP contribution in [0.5, 0.6) is 0 Å². The van der Waals surface area contributed by atoms with Gasteiger partial charge in [0.05, 0.1) is 11.0 Å². The highest BCUT2D eigenvalue weighted by Gasteiger charge is 2.34. The zero-order valence-electron chi connectivity index (χ0n) is 11.0. The summed E-state index contributed by atoms with van der Waals surface area (Å²) >= 11 is 0. The van der Waals surface area contributed by atoms with Gasteiger partial charge in [0.25, 0.3) is 5.69 Å². The molecule has 0 saturated heterocycles. The van der Waals surface area contributed by atoms with E-state index in [-0.39, 0.29) is 17.7 Å². The maximum atomic E-state index is 10.9. The zero-order chi connectivity index (χ0) is 15.6. The molecule has 0 spiro atoms. The largest absolute Gasteiger partial charge is 0.367 e. The standard InChI is InChI=1S/C14H9N5O2/c1-14(8-17)5-12(9(6-15)7-16)11-4-10(19(20)21)2-3-13(11)18-14/h2-4,18H,5H2,1H3. The van der Waals surface area contributed by atoms with Crippen LogP contribution in [0.1, 0.15) is 18.9 Å². The fourth-order valence-corrected chi connectivity index (χ4v) is 2.25. The van der Waals surface area contributed by atoms with Gasteiger partial charge in [0.2, 0.25) is 0 Å². The molecule has 2 rings (SSSR count). The molecular weight excluding hydrogens is 270 g/mol. The molecule has 0 aromatic heterocycles. The molecule has 0 saturated carbocycles. The van der Waals surface area contributed by atoms with Crippen LogP contribution in [-0.4, -0.2) is 10.5 Å². The summed E-state index contributed by atoms with van der Waals surface area (Å²) in [4.78, 5) is 10.3. The first-order valence-corrected chi connectivity index (χ1v) is 5.95. The van der Waals surface area contributed by atoms with E-state index in [1.54, 1.807) is 19.1 Å². The Morgan fingerprint density at radius 2 is 2.05 bits per heavy atom. The monoisotopic (exact) mass is 279 g/mol. The molecule has 1 aliphatic heterocycles. The normalized spacial score (nSPS) is 19.2. The highest BCUT2D eigenvalue weighted by molar-refractivity contribution is 5.87. The smallest absolute Gasteiger partial charge is 0.270 e. The predicted molar refractivity (Wildman–Crippen MR) is 73.5 cm³/mol. The second-order valence-electron chi connectivity index (χ2n) is 4.81. The minimum absolute atomic E-state index is 0.119. The molecule has 21 heavy (non-hydrogen) atoms. The van der Waals surface area contributed by atoms with E-state index in [1.807, 2.05) is 0 Å². The van der Waals surface area contributed by atoms with E-state index in [0.717, 1.165) is 0 Å². The summed E-state index contributed by atoms with van der Waals surface area (Å²) in [7, 11) is 0. The molecule has 7 nitrogen and oxygen atoms in total. The Kier molecular flexibility index (Phi) is 3.32. The van der Waals surface area contributed by atoms with Crippen molar-refractivity contribution in [1.82, 2.24) is 0 Å². The molecule has 1 unspecified atom stereocenters. The summed E-state index contributed by atoms with van der Waals surface area (Å²) in [6.45, 7) is 1.64. The highest BCUT2D eigenvalue weighted by atomic mass is 16.6. The number of rotatable bonds is 1. The van der Waals surface area contributed by atoms with Crippen molar-refractivity contribution in [3.63, 3.8) is 0 Å². The van der Waals surface area contributed by atoms with Gasteiger partial charge in [0, 0.05) is 29.8 Å². The second kappa shape index (κ2) is 4.96. The summed E-state index contributed by atoms with van der Waals surface area (Å²) in [6.07, 6.45) is 0.119. The second-order valence-corrected chi connectivity index (χ2v) is 4.81. The number of hydrogen-bond acceptors (Lipinski definition) is 6. The summed E-state index contributed by atoms with van der Waals surface area (Å²) < 4.78 is 0. The molecule has 1 N–H and O–H groups in total. The van der Waals surface area contributed by atoms with Gasteiger partial charge in [-0.05, 0) is 18.6 Å². The fourth-order valence-electron chi connectivity index (χ4n) is 2.25. The number of nitro benzene ring substituents is 1. The van der Waals surface area contributed by atoms with Gasteiger partial charge in [-0.1, -0.05) is 0 Å². The van der Waals surface area contributed by atoms with Crippen LogP contribution in [0.4, 0.5) is 11.4 Å². The van der Waals surface area contributed by atoms with E-state index in [0.29, 0.717) is 16.8 Å². The summed E-state index contributed by atoms with van der Waals surface area (Å²) in [5.41, 5.74) is 0.00576. The van der Waals surface area contributed by atoms with Crippen LogP contribution in [0.25, 0.3) is 5.57 Å². The lowest BCUT2D eigenvalue weighted by atomic mass is 9.82. The van der Waals surface area contributed by atoms with Crippen molar-refractivity contribution in [2.45, 2.75) is 18.9 Å². The van der Waals surface area contributed by atoms with E-state index in [4.69, 9.17) is 10.5 Å². The van der Waals surface area contributed by atoms with Gasteiger partial charge in [-0.25, -0.2) is 0 Å². The van der Waals surface area contributed by atoms with E-state index < -0.39 is 10.5 Å². The summed E-state index contributed by atoms with van der Waals surface area (Å²) in [6, 6.07) is 9.76. The Balaban J connectivity index is 2.75. The minimum atomic E-state index is -0.975. The van der Waals surface area contributed by atoms with Crippen molar-refractivity contribution in [2.24, 2.45) is 0 Å².